The molecule has 2 rings (SSSR count). The van der Waals surface area contributed by atoms with Gasteiger partial charge in [0.25, 0.3) is 5.76 Å². The lowest BCUT2D eigenvalue weighted by molar-refractivity contribution is 0.225. The number of aliphatic hydroxyl groups excluding tert-OH is 1. The molecule has 0 saturated carbocycles. The van der Waals surface area contributed by atoms with Crippen LogP contribution in [-0.4, -0.2) is 23.5 Å². The summed E-state index contributed by atoms with van der Waals surface area (Å²) in [7, 11) is 0. The molecule has 1 atom stereocenters. The summed E-state index contributed by atoms with van der Waals surface area (Å²) in [6.45, 7) is -0.251. The van der Waals surface area contributed by atoms with Gasteiger partial charge in [0.2, 0.25) is 0 Å². The molecule has 0 radical (unpaired) electrons. The van der Waals surface area contributed by atoms with Gasteiger partial charge in [-0.1, -0.05) is 48.2 Å². The molecule has 2 aromatic rings. The van der Waals surface area contributed by atoms with Crippen LogP contribution >= 0.6 is 11.8 Å². The van der Waals surface area contributed by atoms with Crippen LogP contribution in [0, 0.1) is 0 Å². The number of alkyl halides is 2. The third-order valence-electron chi connectivity index (χ3n) is 3.01. The summed E-state index contributed by atoms with van der Waals surface area (Å²) in [6.07, 6.45) is 0. The fraction of sp³-hybridized carbons (Fsp3) is 0.188. The van der Waals surface area contributed by atoms with E-state index in [1.165, 1.54) is 6.07 Å². The number of halogens is 2. The Kier molecular flexibility index (Phi) is 6.37. The molecule has 0 aliphatic rings. The Bertz CT molecular complexity index is 641. The summed E-state index contributed by atoms with van der Waals surface area (Å²) in [4.78, 5) is 12.4. The molecule has 0 aromatic heterocycles. The summed E-state index contributed by atoms with van der Waals surface area (Å²) in [6, 6.07) is 14.2. The largest absolute Gasteiger partial charge is 0.394 e. The van der Waals surface area contributed by atoms with Crippen LogP contribution in [0.4, 0.5) is 19.3 Å². The summed E-state index contributed by atoms with van der Waals surface area (Å²) in [5.41, 5.74) is 1.17. The molecule has 23 heavy (non-hydrogen) atoms. The zero-order chi connectivity index (χ0) is 16.7. The fourth-order valence-electron chi connectivity index (χ4n) is 2.00. The number of hydrogen-bond donors (Lipinski definition) is 3. The number of amides is 2. The first-order valence-corrected chi connectivity index (χ1v) is 7.74. The number of carbonyl (C=O) groups is 1. The zero-order valence-electron chi connectivity index (χ0n) is 12.1. The van der Waals surface area contributed by atoms with Gasteiger partial charge >= 0.3 is 6.03 Å². The van der Waals surface area contributed by atoms with Gasteiger partial charge < -0.3 is 15.7 Å². The summed E-state index contributed by atoms with van der Waals surface area (Å²) in [5.74, 6) is -2.52. The number of rotatable bonds is 6. The lowest BCUT2D eigenvalue weighted by Gasteiger charge is -2.17. The number of benzene rings is 2. The molecule has 0 aliphatic heterocycles. The molecule has 0 bridgehead atoms. The molecule has 0 fully saturated rings. The van der Waals surface area contributed by atoms with E-state index in [-0.39, 0.29) is 6.61 Å². The molecule has 0 aliphatic carbocycles. The van der Waals surface area contributed by atoms with Crippen molar-refractivity contribution in [2.24, 2.45) is 0 Å². The second-order valence-electron chi connectivity index (χ2n) is 4.65. The number of carbonyl (C=O) groups excluding carboxylic acids is 1. The monoisotopic (exact) mass is 338 g/mol. The maximum atomic E-state index is 12.4. The van der Waals surface area contributed by atoms with Gasteiger partial charge in [-0.25, -0.2) is 4.79 Å². The van der Waals surface area contributed by atoms with Gasteiger partial charge in [-0.3, -0.25) is 0 Å². The van der Waals surface area contributed by atoms with Crippen LogP contribution in [-0.2, 0) is 0 Å². The average Bonchev–Trinajstić information content (AvgIpc) is 2.53. The Morgan fingerprint density at radius 3 is 2.52 bits per heavy atom. The van der Waals surface area contributed by atoms with Gasteiger partial charge in [-0.15, -0.1) is 0 Å². The summed E-state index contributed by atoms with van der Waals surface area (Å²) >= 11 is 0.410. The van der Waals surface area contributed by atoms with Crippen LogP contribution in [0.5, 0.6) is 0 Å². The van der Waals surface area contributed by atoms with Gasteiger partial charge in [-0.05, 0) is 23.8 Å². The molecule has 7 heteroatoms. The van der Waals surface area contributed by atoms with E-state index in [9.17, 15) is 18.7 Å². The van der Waals surface area contributed by atoms with Crippen LogP contribution in [0.25, 0.3) is 0 Å². The molecule has 0 saturated heterocycles. The molecule has 0 heterocycles. The van der Waals surface area contributed by atoms with E-state index in [1.807, 2.05) is 18.2 Å². The summed E-state index contributed by atoms with van der Waals surface area (Å²) in [5, 5.41) is 14.6. The quantitative estimate of drug-likeness (QED) is 0.701. The summed E-state index contributed by atoms with van der Waals surface area (Å²) < 4.78 is 24.7. The fourth-order valence-corrected chi connectivity index (χ4v) is 2.55. The standard InChI is InChI=1S/C16H16F2N2O2S/c17-15(18)23-13-8-4-7-12(9-13)19-16(22)20-14(10-21)11-5-2-1-3-6-11/h1-9,14-15,21H,10H2,(H2,19,20,22). The maximum absolute atomic E-state index is 12.4. The van der Waals surface area contributed by atoms with E-state index in [1.54, 1.807) is 30.3 Å². The highest BCUT2D eigenvalue weighted by molar-refractivity contribution is 7.99. The minimum absolute atomic E-state index is 0.251. The van der Waals surface area contributed by atoms with Crippen molar-refractivity contribution >= 4 is 23.5 Å². The molecule has 2 amide bonds. The normalized spacial score (nSPS) is 12.0. The van der Waals surface area contributed by atoms with Crippen LogP contribution in [0.3, 0.4) is 0 Å². The molecule has 3 N–H and O–H groups in total. The van der Waals surface area contributed by atoms with Crippen molar-refractivity contribution < 1.29 is 18.7 Å². The van der Waals surface area contributed by atoms with Crippen LogP contribution in [0.15, 0.2) is 59.5 Å². The van der Waals surface area contributed by atoms with Crippen LogP contribution in [0.1, 0.15) is 11.6 Å². The zero-order valence-corrected chi connectivity index (χ0v) is 12.9. The van der Waals surface area contributed by atoms with Crippen molar-refractivity contribution in [2.45, 2.75) is 16.7 Å². The van der Waals surface area contributed by atoms with Gasteiger partial charge in [0, 0.05) is 10.6 Å². The van der Waals surface area contributed by atoms with Crippen molar-refractivity contribution in [3.05, 3.63) is 60.2 Å². The molecule has 122 valence electrons. The highest BCUT2D eigenvalue weighted by atomic mass is 32.2. The van der Waals surface area contributed by atoms with Crippen molar-refractivity contribution in [2.75, 3.05) is 11.9 Å². The number of hydrogen-bond acceptors (Lipinski definition) is 3. The highest BCUT2D eigenvalue weighted by Crippen LogP contribution is 2.27. The van der Waals surface area contributed by atoms with Crippen LogP contribution in [0.2, 0.25) is 0 Å². The van der Waals surface area contributed by atoms with E-state index in [4.69, 9.17) is 0 Å². The van der Waals surface area contributed by atoms with E-state index in [0.29, 0.717) is 22.3 Å². The lowest BCUT2D eigenvalue weighted by atomic mass is 10.1. The van der Waals surface area contributed by atoms with Gasteiger partial charge in [0.05, 0.1) is 12.6 Å². The Hall–Kier alpha value is -2.12. The average molecular weight is 338 g/mol. The lowest BCUT2D eigenvalue weighted by Crippen LogP contribution is -2.34. The third-order valence-corrected chi connectivity index (χ3v) is 3.71. The molecule has 4 nitrogen and oxygen atoms in total. The first-order chi connectivity index (χ1) is 11.1. The predicted molar refractivity (Wildman–Crippen MR) is 86.7 cm³/mol. The van der Waals surface area contributed by atoms with Crippen LogP contribution < -0.4 is 10.6 Å². The number of nitrogens with one attached hydrogen (secondary N) is 2. The Morgan fingerprint density at radius 2 is 1.87 bits per heavy atom. The van der Waals surface area contributed by atoms with Gasteiger partial charge in [-0.2, -0.15) is 8.78 Å². The second kappa shape index (κ2) is 8.50. The predicted octanol–water partition coefficient (Wildman–Crippen LogP) is 3.86. The Labute approximate surface area is 136 Å². The first kappa shape index (κ1) is 17.2. The van der Waals surface area contributed by atoms with Gasteiger partial charge in [0.1, 0.15) is 0 Å². The third kappa shape index (κ3) is 5.54. The number of thioether (sulfide) groups is 1. The molecule has 1 unspecified atom stereocenters. The minimum atomic E-state index is -2.52. The molecular weight excluding hydrogens is 322 g/mol. The number of urea groups is 1. The minimum Gasteiger partial charge on any atom is -0.394 e. The molecule has 0 spiro atoms. The van der Waals surface area contributed by atoms with E-state index < -0.39 is 17.8 Å². The van der Waals surface area contributed by atoms with Crippen molar-refractivity contribution in [1.29, 1.82) is 0 Å². The first-order valence-electron chi connectivity index (χ1n) is 6.86. The van der Waals surface area contributed by atoms with E-state index in [2.05, 4.69) is 10.6 Å². The smallest absolute Gasteiger partial charge is 0.319 e. The highest BCUT2D eigenvalue weighted by Gasteiger charge is 2.13. The van der Waals surface area contributed by atoms with Crippen molar-refractivity contribution in [1.82, 2.24) is 5.32 Å². The maximum Gasteiger partial charge on any atom is 0.319 e. The SMILES string of the molecule is O=C(Nc1cccc(SC(F)F)c1)NC(CO)c1ccccc1. The van der Waals surface area contributed by atoms with E-state index >= 15 is 0 Å². The Balaban J connectivity index is 1.98. The molecule has 2 aromatic carbocycles. The second-order valence-corrected chi connectivity index (χ2v) is 5.71. The molecular formula is C16H16F2N2O2S. The number of aliphatic hydroxyl groups is 1. The van der Waals surface area contributed by atoms with E-state index in [0.717, 1.165) is 5.56 Å². The topological polar surface area (TPSA) is 61.4 Å². The Morgan fingerprint density at radius 1 is 1.13 bits per heavy atom. The van der Waals surface area contributed by atoms with Crippen molar-refractivity contribution in [3.8, 4) is 0 Å². The number of anilines is 1. The van der Waals surface area contributed by atoms with Gasteiger partial charge in [0.15, 0.2) is 0 Å². The van der Waals surface area contributed by atoms with Crippen molar-refractivity contribution in [3.63, 3.8) is 0 Å².